The van der Waals surface area contributed by atoms with E-state index in [0.29, 0.717) is 17.2 Å². The van der Waals surface area contributed by atoms with Crippen molar-refractivity contribution in [2.75, 3.05) is 6.54 Å². The highest BCUT2D eigenvalue weighted by molar-refractivity contribution is 7.89. The molecule has 0 aromatic heterocycles. The Balaban J connectivity index is 1.71. The first-order chi connectivity index (χ1) is 13.5. The number of rotatable bonds is 8. The lowest BCUT2D eigenvalue weighted by Crippen LogP contribution is -2.27. The van der Waals surface area contributed by atoms with Crippen LogP contribution in [0.25, 0.3) is 0 Å². The predicted octanol–water partition coefficient (Wildman–Crippen LogP) is 5.14. The third-order valence-corrected chi connectivity index (χ3v) is 6.10. The summed E-state index contributed by atoms with van der Waals surface area (Å²) in [7, 11) is -3.57. The van der Waals surface area contributed by atoms with Crippen molar-refractivity contribution in [3.63, 3.8) is 0 Å². The molecule has 0 aliphatic rings. The van der Waals surface area contributed by atoms with Crippen LogP contribution in [0.15, 0.2) is 83.8 Å². The Bertz CT molecular complexity index is 1010. The van der Waals surface area contributed by atoms with Crippen molar-refractivity contribution in [3.8, 4) is 5.75 Å². The van der Waals surface area contributed by atoms with E-state index in [2.05, 4.69) is 4.72 Å². The lowest BCUT2D eigenvalue weighted by Gasteiger charge is -2.20. The van der Waals surface area contributed by atoms with Gasteiger partial charge in [-0.25, -0.2) is 13.1 Å². The third kappa shape index (κ3) is 5.35. The minimum atomic E-state index is -3.57. The molecule has 3 aromatic carbocycles. The molecule has 3 aromatic rings. The van der Waals surface area contributed by atoms with Gasteiger partial charge in [-0.3, -0.25) is 0 Å². The van der Waals surface area contributed by atoms with Crippen LogP contribution in [0.1, 0.15) is 23.7 Å². The van der Waals surface area contributed by atoms with Gasteiger partial charge in [0, 0.05) is 13.0 Å². The summed E-state index contributed by atoms with van der Waals surface area (Å²) in [5, 5.41) is 0.517. The van der Waals surface area contributed by atoms with Gasteiger partial charge in [0.25, 0.3) is 0 Å². The largest absolute Gasteiger partial charge is 0.484 e. The molecule has 0 aliphatic heterocycles. The fourth-order valence-electron chi connectivity index (χ4n) is 2.78. The van der Waals surface area contributed by atoms with Crippen LogP contribution in [0.2, 0.25) is 5.02 Å². The molecule has 6 heteroatoms. The van der Waals surface area contributed by atoms with Gasteiger partial charge in [-0.1, -0.05) is 71.8 Å². The first kappa shape index (κ1) is 20.4. The molecule has 0 bridgehead atoms. The molecule has 0 aliphatic carbocycles. The van der Waals surface area contributed by atoms with Crippen molar-refractivity contribution < 1.29 is 13.2 Å². The van der Waals surface area contributed by atoms with E-state index in [1.807, 2.05) is 49.4 Å². The lowest BCUT2D eigenvalue weighted by atomic mass is 10.1. The zero-order chi connectivity index (χ0) is 20.0. The molecule has 1 atom stereocenters. The van der Waals surface area contributed by atoms with Gasteiger partial charge in [0.1, 0.15) is 11.9 Å². The molecular weight excluding hydrogens is 394 g/mol. The van der Waals surface area contributed by atoms with E-state index in [4.69, 9.17) is 16.3 Å². The van der Waals surface area contributed by atoms with Gasteiger partial charge >= 0.3 is 0 Å². The number of sulfonamides is 1. The summed E-state index contributed by atoms with van der Waals surface area (Å²) in [5.41, 5.74) is 1.97. The molecule has 0 radical (unpaired) electrons. The number of nitrogens with one attached hydrogen (secondary N) is 1. The molecule has 0 fully saturated rings. The Morgan fingerprint density at radius 3 is 2.25 bits per heavy atom. The van der Waals surface area contributed by atoms with E-state index in [9.17, 15) is 8.42 Å². The Hall–Kier alpha value is -2.34. The van der Waals surface area contributed by atoms with Gasteiger partial charge in [0.05, 0.1) is 9.92 Å². The van der Waals surface area contributed by atoms with E-state index in [1.165, 1.54) is 0 Å². The average Bonchev–Trinajstić information content (AvgIpc) is 2.69. The molecule has 3 rings (SSSR count). The standard InChI is InChI=1S/C22H22ClNO3S/c1-17-11-13-19(14-12-17)28(25,26)24-16-15-21(18-7-3-2-4-8-18)27-22-10-6-5-9-20(22)23/h2-14,21,24H,15-16H2,1H3. The average molecular weight is 416 g/mol. The number of ether oxygens (including phenoxy) is 1. The van der Waals surface area contributed by atoms with E-state index in [0.717, 1.165) is 11.1 Å². The van der Waals surface area contributed by atoms with Crippen molar-refractivity contribution in [2.45, 2.75) is 24.3 Å². The Kier molecular flexibility index (Phi) is 6.73. The second kappa shape index (κ2) is 9.24. The topological polar surface area (TPSA) is 55.4 Å². The second-order valence-corrected chi connectivity index (χ2v) is 8.62. The van der Waals surface area contributed by atoms with Gasteiger partial charge in [0.15, 0.2) is 0 Å². The summed E-state index contributed by atoms with van der Waals surface area (Å²) in [6.07, 6.45) is 0.127. The van der Waals surface area contributed by atoms with Crippen LogP contribution in [-0.4, -0.2) is 15.0 Å². The van der Waals surface area contributed by atoms with Crippen LogP contribution in [0.4, 0.5) is 0 Å². The maximum absolute atomic E-state index is 12.5. The fraction of sp³-hybridized carbons (Fsp3) is 0.182. The maximum atomic E-state index is 12.5. The monoisotopic (exact) mass is 415 g/mol. The molecule has 0 spiro atoms. The molecule has 4 nitrogen and oxygen atoms in total. The third-order valence-electron chi connectivity index (χ3n) is 4.31. The summed E-state index contributed by atoms with van der Waals surface area (Å²) in [6, 6.07) is 23.7. The van der Waals surface area contributed by atoms with Crippen molar-refractivity contribution in [1.82, 2.24) is 4.72 Å². The van der Waals surface area contributed by atoms with Crippen molar-refractivity contribution in [2.24, 2.45) is 0 Å². The van der Waals surface area contributed by atoms with Crippen molar-refractivity contribution >= 4 is 21.6 Å². The number of hydrogen-bond acceptors (Lipinski definition) is 3. The highest BCUT2D eigenvalue weighted by Gasteiger charge is 2.18. The van der Waals surface area contributed by atoms with Crippen LogP contribution in [0.3, 0.4) is 0 Å². The van der Waals surface area contributed by atoms with Crippen LogP contribution >= 0.6 is 11.6 Å². The summed E-state index contributed by atoms with van der Waals surface area (Å²) in [6.45, 7) is 2.15. The highest BCUT2D eigenvalue weighted by atomic mass is 35.5. The zero-order valence-electron chi connectivity index (χ0n) is 15.5. The first-order valence-corrected chi connectivity index (χ1v) is 10.8. The minimum absolute atomic E-state index is 0.236. The van der Waals surface area contributed by atoms with E-state index >= 15 is 0 Å². The molecule has 0 amide bonds. The quantitative estimate of drug-likeness (QED) is 0.554. The van der Waals surface area contributed by atoms with Crippen LogP contribution in [0, 0.1) is 6.92 Å². The number of halogens is 1. The van der Waals surface area contributed by atoms with Crippen molar-refractivity contribution in [1.29, 1.82) is 0 Å². The zero-order valence-corrected chi connectivity index (χ0v) is 17.1. The molecular formula is C22H22ClNO3S. The molecule has 1 N–H and O–H groups in total. The van der Waals surface area contributed by atoms with Gasteiger partial charge in [-0.05, 0) is 36.8 Å². The van der Waals surface area contributed by atoms with Gasteiger partial charge < -0.3 is 4.74 Å². The minimum Gasteiger partial charge on any atom is -0.484 e. The molecule has 0 saturated carbocycles. The highest BCUT2D eigenvalue weighted by Crippen LogP contribution is 2.30. The number of benzene rings is 3. The molecule has 28 heavy (non-hydrogen) atoms. The number of aryl methyl sites for hydroxylation is 1. The molecule has 0 saturated heterocycles. The maximum Gasteiger partial charge on any atom is 0.240 e. The SMILES string of the molecule is Cc1ccc(S(=O)(=O)NCCC(Oc2ccccc2Cl)c2ccccc2)cc1. The Morgan fingerprint density at radius 1 is 0.929 bits per heavy atom. The van der Waals surface area contributed by atoms with E-state index in [-0.39, 0.29) is 17.5 Å². The second-order valence-electron chi connectivity index (χ2n) is 6.45. The van der Waals surface area contributed by atoms with Gasteiger partial charge in [0.2, 0.25) is 10.0 Å². The molecule has 0 heterocycles. The van der Waals surface area contributed by atoms with Crippen molar-refractivity contribution in [3.05, 3.63) is 95.0 Å². The summed E-state index contributed by atoms with van der Waals surface area (Å²) >= 11 is 6.22. The van der Waals surface area contributed by atoms with Gasteiger partial charge in [-0.2, -0.15) is 0 Å². The van der Waals surface area contributed by atoms with Crippen LogP contribution < -0.4 is 9.46 Å². The van der Waals surface area contributed by atoms with Crippen LogP contribution in [-0.2, 0) is 10.0 Å². The normalized spacial score (nSPS) is 12.5. The summed E-state index contributed by atoms with van der Waals surface area (Å²) < 4.78 is 33.8. The summed E-state index contributed by atoms with van der Waals surface area (Å²) in [4.78, 5) is 0.251. The lowest BCUT2D eigenvalue weighted by molar-refractivity contribution is 0.196. The van der Waals surface area contributed by atoms with Crippen LogP contribution in [0.5, 0.6) is 5.75 Å². The predicted molar refractivity (Wildman–Crippen MR) is 112 cm³/mol. The Morgan fingerprint density at radius 2 is 1.57 bits per heavy atom. The molecule has 146 valence electrons. The first-order valence-electron chi connectivity index (χ1n) is 8.98. The molecule has 1 unspecified atom stereocenters. The Labute approximate surface area is 171 Å². The number of para-hydroxylation sites is 1. The number of hydrogen-bond donors (Lipinski definition) is 1. The van der Waals surface area contributed by atoms with E-state index < -0.39 is 10.0 Å². The van der Waals surface area contributed by atoms with E-state index in [1.54, 1.807) is 36.4 Å². The smallest absolute Gasteiger partial charge is 0.240 e. The fourth-order valence-corrected chi connectivity index (χ4v) is 4.01. The van der Waals surface area contributed by atoms with Gasteiger partial charge in [-0.15, -0.1) is 0 Å². The summed E-state index contributed by atoms with van der Waals surface area (Å²) in [5.74, 6) is 0.569.